The number of carbonyl (C=O) groups is 1. The molecule has 2 rings (SSSR count). The fourth-order valence-electron chi connectivity index (χ4n) is 3.32. The van der Waals surface area contributed by atoms with Gasteiger partial charge >= 0.3 is 0 Å². The zero-order valence-corrected chi connectivity index (χ0v) is 17.3. The summed E-state index contributed by atoms with van der Waals surface area (Å²) in [7, 11) is 0. The van der Waals surface area contributed by atoms with E-state index in [1.54, 1.807) is 0 Å². The summed E-state index contributed by atoms with van der Waals surface area (Å²) < 4.78 is 0. The Hall–Kier alpha value is -0.970. The third-order valence-electron chi connectivity index (χ3n) is 4.56. The van der Waals surface area contributed by atoms with Gasteiger partial charge in [-0.3, -0.25) is 4.79 Å². The second-order valence-electron chi connectivity index (χ2n) is 6.27. The van der Waals surface area contributed by atoms with E-state index in [0.717, 1.165) is 57.5 Å². The van der Waals surface area contributed by atoms with Gasteiger partial charge in [0.05, 0.1) is 0 Å². The molecule has 1 amide bonds. The normalized spacial score (nSPS) is 15.9. The van der Waals surface area contributed by atoms with Crippen molar-refractivity contribution >= 4 is 36.4 Å². The zero-order valence-electron chi connectivity index (χ0n) is 15.7. The summed E-state index contributed by atoms with van der Waals surface area (Å²) in [6, 6.07) is 8.49. The van der Waals surface area contributed by atoms with Gasteiger partial charge < -0.3 is 15.1 Å². The summed E-state index contributed by atoms with van der Waals surface area (Å²) in [6.45, 7) is 11.3. The van der Waals surface area contributed by atoms with E-state index in [4.69, 9.17) is 0 Å². The number of rotatable bonds is 8. The summed E-state index contributed by atoms with van der Waals surface area (Å²) in [5.41, 5.74) is 2.01. The van der Waals surface area contributed by atoms with Crippen molar-refractivity contribution in [3.8, 4) is 0 Å². The van der Waals surface area contributed by atoms with Gasteiger partial charge in [0.2, 0.25) is 0 Å². The number of nitrogens with zero attached hydrogens (tertiary/aromatic N) is 2. The molecule has 1 aliphatic rings. The van der Waals surface area contributed by atoms with Crippen LogP contribution in [-0.2, 0) is 0 Å². The van der Waals surface area contributed by atoms with Gasteiger partial charge in [0.15, 0.2) is 0 Å². The first kappa shape index (κ1) is 24.0. The Morgan fingerprint density at radius 2 is 1.72 bits per heavy atom. The van der Waals surface area contributed by atoms with E-state index in [0.29, 0.717) is 6.04 Å². The minimum Gasteiger partial charge on any atom is -0.372 e. The van der Waals surface area contributed by atoms with Crippen LogP contribution >= 0.6 is 24.8 Å². The van der Waals surface area contributed by atoms with Gasteiger partial charge in [0.1, 0.15) is 0 Å². The number of nitrogens with one attached hydrogen (secondary N) is 1. The molecule has 0 radical (unpaired) electrons. The fraction of sp³-hybridized carbons (Fsp3) is 0.632. The lowest BCUT2D eigenvalue weighted by Crippen LogP contribution is -2.42. The van der Waals surface area contributed by atoms with Crippen molar-refractivity contribution < 1.29 is 4.79 Å². The fourth-order valence-corrected chi connectivity index (χ4v) is 3.32. The van der Waals surface area contributed by atoms with Crippen molar-refractivity contribution in [1.29, 1.82) is 0 Å². The van der Waals surface area contributed by atoms with Crippen molar-refractivity contribution in [2.75, 3.05) is 37.6 Å². The monoisotopic (exact) mass is 389 g/mol. The van der Waals surface area contributed by atoms with Gasteiger partial charge in [-0.15, -0.1) is 24.8 Å². The van der Waals surface area contributed by atoms with E-state index in [1.165, 1.54) is 5.69 Å². The number of halogens is 2. The Bertz CT molecular complexity index is 490. The average molecular weight is 390 g/mol. The Kier molecular flexibility index (Phi) is 11.9. The highest BCUT2D eigenvalue weighted by atomic mass is 35.5. The molecule has 4 nitrogen and oxygen atoms in total. The highest BCUT2D eigenvalue weighted by Gasteiger charge is 2.26. The maximum Gasteiger partial charge on any atom is 0.254 e. The molecule has 0 aromatic heterocycles. The number of hydrogen-bond donors (Lipinski definition) is 1. The van der Waals surface area contributed by atoms with Crippen molar-refractivity contribution in [3.63, 3.8) is 0 Å². The molecule has 0 bridgehead atoms. The largest absolute Gasteiger partial charge is 0.372 e. The SMILES string of the molecule is CCCN(CC)c1ccc(C(=O)N(CCC)C2CCNC2)cc1.Cl.Cl. The minimum absolute atomic E-state index is 0. The predicted molar refractivity (Wildman–Crippen MR) is 112 cm³/mol. The molecule has 1 N–H and O–H groups in total. The molecule has 1 unspecified atom stereocenters. The second-order valence-corrected chi connectivity index (χ2v) is 6.27. The Morgan fingerprint density at radius 3 is 2.20 bits per heavy atom. The van der Waals surface area contributed by atoms with Crippen LogP contribution in [0.4, 0.5) is 5.69 Å². The molecule has 1 saturated heterocycles. The lowest BCUT2D eigenvalue weighted by molar-refractivity contribution is 0.0692. The maximum atomic E-state index is 12.9. The van der Waals surface area contributed by atoms with Gasteiger partial charge in [-0.1, -0.05) is 13.8 Å². The number of anilines is 1. The van der Waals surface area contributed by atoms with Crippen LogP contribution in [0.5, 0.6) is 0 Å². The first-order valence-corrected chi connectivity index (χ1v) is 9.07. The highest BCUT2D eigenvalue weighted by Crippen LogP contribution is 2.19. The average Bonchev–Trinajstić information content (AvgIpc) is 3.11. The van der Waals surface area contributed by atoms with Crippen LogP contribution in [0.25, 0.3) is 0 Å². The number of amides is 1. The molecule has 1 heterocycles. The van der Waals surface area contributed by atoms with Crippen LogP contribution in [-0.4, -0.2) is 49.6 Å². The number of carbonyl (C=O) groups excluding carboxylic acids is 1. The van der Waals surface area contributed by atoms with Crippen molar-refractivity contribution in [2.45, 2.75) is 46.1 Å². The number of benzene rings is 1. The maximum absolute atomic E-state index is 12.9. The van der Waals surface area contributed by atoms with E-state index in [-0.39, 0.29) is 30.7 Å². The van der Waals surface area contributed by atoms with E-state index in [1.807, 2.05) is 12.1 Å². The quantitative estimate of drug-likeness (QED) is 0.729. The minimum atomic E-state index is 0. The van der Waals surface area contributed by atoms with Crippen LogP contribution in [0, 0.1) is 0 Å². The van der Waals surface area contributed by atoms with E-state index >= 15 is 0 Å². The Balaban J connectivity index is 0.00000288. The number of hydrogen-bond acceptors (Lipinski definition) is 3. The summed E-state index contributed by atoms with van der Waals surface area (Å²) in [5, 5.41) is 3.36. The summed E-state index contributed by atoms with van der Waals surface area (Å²) >= 11 is 0. The molecular formula is C19H33Cl2N3O. The molecule has 1 aromatic rings. The van der Waals surface area contributed by atoms with E-state index < -0.39 is 0 Å². The lowest BCUT2D eigenvalue weighted by atomic mass is 10.1. The third kappa shape index (κ3) is 6.36. The van der Waals surface area contributed by atoms with Gasteiger partial charge in [-0.25, -0.2) is 0 Å². The zero-order chi connectivity index (χ0) is 16.7. The molecule has 0 spiro atoms. The second kappa shape index (κ2) is 12.4. The molecule has 144 valence electrons. The molecule has 1 fully saturated rings. The molecule has 6 heteroatoms. The van der Waals surface area contributed by atoms with Crippen LogP contribution in [0.3, 0.4) is 0 Å². The van der Waals surface area contributed by atoms with Gasteiger partial charge in [-0.2, -0.15) is 0 Å². The third-order valence-corrected chi connectivity index (χ3v) is 4.56. The van der Waals surface area contributed by atoms with Crippen LogP contribution in [0.1, 0.15) is 50.4 Å². The summed E-state index contributed by atoms with van der Waals surface area (Å²) in [5.74, 6) is 0.172. The Labute approximate surface area is 165 Å². The molecule has 25 heavy (non-hydrogen) atoms. The van der Waals surface area contributed by atoms with Gasteiger partial charge in [0.25, 0.3) is 5.91 Å². The van der Waals surface area contributed by atoms with Gasteiger partial charge in [-0.05, 0) is 57.0 Å². The van der Waals surface area contributed by atoms with Crippen molar-refractivity contribution in [2.24, 2.45) is 0 Å². The highest BCUT2D eigenvalue weighted by molar-refractivity contribution is 5.94. The van der Waals surface area contributed by atoms with E-state index in [9.17, 15) is 4.79 Å². The smallest absolute Gasteiger partial charge is 0.254 e. The molecule has 0 aliphatic carbocycles. The van der Waals surface area contributed by atoms with Crippen LogP contribution in [0.2, 0.25) is 0 Å². The van der Waals surface area contributed by atoms with Crippen LogP contribution < -0.4 is 10.2 Å². The van der Waals surface area contributed by atoms with E-state index in [2.05, 4.69) is 48.0 Å². The summed E-state index contributed by atoms with van der Waals surface area (Å²) in [4.78, 5) is 17.3. The Morgan fingerprint density at radius 1 is 1.08 bits per heavy atom. The lowest BCUT2D eigenvalue weighted by Gasteiger charge is -2.28. The summed E-state index contributed by atoms with van der Waals surface area (Å²) in [6.07, 6.45) is 3.19. The van der Waals surface area contributed by atoms with Gasteiger partial charge in [0, 0.05) is 43.5 Å². The first-order chi connectivity index (χ1) is 11.2. The predicted octanol–water partition coefficient (Wildman–Crippen LogP) is 3.98. The topological polar surface area (TPSA) is 35.6 Å². The molecular weight excluding hydrogens is 357 g/mol. The van der Waals surface area contributed by atoms with Crippen LogP contribution in [0.15, 0.2) is 24.3 Å². The van der Waals surface area contributed by atoms with Crippen molar-refractivity contribution in [1.82, 2.24) is 10.2 Å². The standard InChI is InChI=1S/C19H31N3O.2ClH/c1-4-13-21(6-3)17-9-7-16(8-10-17)19(23)22(14-5-2)18-11-12-20-15-18;;/h7-10,18,20H,4-6,11-15H2,1-3H3;2*1H. The van der Waals surface area contributed by atoms with Crippen molar-refractivity contribution in [3.05, 3.63) is 29.8 Å². The molecule has 1 aromatic carbocycles. The molecule has 1 aliphatic heterocycles. The first-order valence-electron chi connectivity index (χ1n) is 9.07. The molecule has 0 saturated carbocycles. The molecule has 1 atom stereocenters.